The molecule has 6 heteroatoms. The smallest absolute Gasteiger partial charge is 0.116 e. The lowest BCUT2D eigenvalue weighted by Crippen LogP contribution is -1.88. The van der Waals surface area contributed by atoms with Gasteiger partial charge in [-0.1, -0.05) is 18.7 Å². The highest BCUT2D eigenvalue weighted by atomic mass is 15.1. The van der Waals surface area contributed by atoms with E-state index in [1.54, 1.807) is 24.7 Å². The average molecular weight is 404 g/mol. The second-order valence-corrected chi connectivity index (χ2v) is 7.20. The van der Waals surface area contributed by atoms with E-state index in [9.17, 15) is 0 Å². The molecule has 5 aromatic heterocycles. The van der Waals surface area contributed by atoms with E-state index in [1.807, 2.05) is 48.8 Å². The van der Waals surface area contributed by atoms with Crippen LogP contribution >= 0.6 is 0 Å². The number of nitrogens with zero attached hydrogens (tertiary/aromatic N) is 4. The third-order valence-electron chi connectivity index (χ3n) is 5.24. The van der Waals surface area contributed by atoms with E-state index in [0.29, 0.717) is 0 Å². The third kappa shape index (κ3) is 3.44. The summed E-state index contributed by atoms with van der Waals surface area (Å²) in [5, 5.41) is 8.66. The van der Waals surface area contributed by atoms with Crippen molar-refractivity contribution in [2.75, 3.05) is 0 Å². The molecule has 0 aromatic carbocycles. The van der Waals surface area contributed by atoms with Crippen LogP contribution in [0.1, 0.15) is 16.8 Å². The number of aryl methyl sites for hydroxylation is 1. The molecule has 0 unspecified atom stereocenters. The van der Waals surface area contributed by atoms with Crippen molar-refractivity contribution >= 4 is 16.5 Å². The molecule has 0 bridgehead atoms. The Kier molecular flexibility index (Phi) is 4.72. The number of aromatic amines is 2. The Morgan fingerprint density at radius 1 is 1.03 bits per heavy atom. The lowest BCUT2D eigenvalue weighted by atomic mass is 9.98. The van der Waals surface area contributed by atoms with Gasteiger partial charge in [0.25, 0.3) is 0 Å². The van der Waals surface area contributed by atoms with Crippen LogP contribution in [0.4, 0.5) is 0 Å². The van der Waals surface area contributed by atoms with Crippen LogP contribution in [0.25, 0.3) is 39.1 Å². The van der Waals surface area contributed by atoms with Gasteiger partial charge in [-0.05, 0) is 54.5 Å². The first-order valence-corrected chi connectivity index (χ1v) is 9.92. The Labute approximate surface area is 179 Å². The van der Waals surface area contributed by atoms with E-state index < -0.39 is 0 Å². The predicted molar refractivity (Wildman–Crippen MR) is 123 cm³/mol. The van der Waals surface area contributed by atoms with Gasteiger partial charge in [-0.3, -0.25) is 20.1 Å². The number of pyridine rings is 3. The Morgan fingerprint density at radius 3 is 2.68 bits per heavy atom. The highest BCUT2D eigenvalue weighted by Crippen LogP contribution is 2.33. The van der Waals surface area contributed by atoms with E-state index in [4.69, 9.17) is 0 Å². The number of nitrogens with one attached hydrogen (secondary N) is 2. The summed E-state index contributed by atoms with van der Waals surface area (Å²) in [6.45, 7) is 5.95. The molecular weight excluding hydrogens is 384 g/mol. The second kappa shape index (κ2) is 7.84. The number of rotatable bonds is 5. The summed E-state index contributed by atoms with van der Waals surface area (Å²) < 4.78 is 0. The molecule has 0 aliphatic rings. The fraction of sp³-hybridized carbons (Fsp3) is 0.0400. The van der Waals surface area contributed by atoms with Gasteiger partial charge in [0.05, 0.1) is 23.1 Å². The monoisotopic (exact) mass is 404 g/mol. The highest BCUT2D eigenvalue weighted by Gasteiger charge is 2.16. The van der Waals surface area contributed by atoms with Gasteiger partial charge in [-0.15, -0.1) is 0 Å². The molecule has 2 N–H and O–H groups in total. The van der Waals surface area contributed by atoms with Crippen LogP contribution < -0.4 is 0 Å². The first-order valence-electron chi connectivity index (χ1n) is 9.92. The first-order chi connectivity index (χ1) is 15.2. The van der Waals surface area contributed by atoms with Gasteiger partial charge in [0.1, 0.15) is 5.69 Å². The van der Waals surface area contributed by atoms with Crippen LogP contribution in [-0.2, 0) is 0 Å². The minimum Gasteiger partial charge on any atom is -0.357 e. The van der Waals surface area contributed by atoms with Gasteiger partial charge >= 0.3 is 0 Å². The van der Waals surface area contributed by atoms with Crippen molar-refractivity contribution in [1.29, 1.82) is 0 Å². The van der Waals surface area contributed by atoms with E-state index >= 15 is 0 Å². The van der Waals surface area contributed by atoms with E-state index in [-0.39, 0.29) is 0 Å². The van der Waals surface area contributed by atoms with E-state index in [2.05, 4.69) is 49.7 Å². The lowest BCUT2D eigenvalue weighted by Gasteiger charge is -2.06. The molecule has 0 radical (unpaired) electrons. The van der Waals surface area contributed by atoms with Gasteiger partial charge in [0.15, 0.2) is 0 Å². The zero-order chi connectivity index (χ0) is 21.2. The SMILES string of the molecule is C=C/C=C(/c1ccncc1)c1cc(-c2n[nH]c3cnc(-c4cccnc4)cc23)[nH]c1C. The summed E-state index contributed by atoms with van der Waals surface area (Å²) in [6.07, 6.45) is 12.8. The zero-order valence-electron chi connectivity index (χ0n) is 17.0. The summed E-state index contributed by atoms with van der Waals surface area (Å²) in [4.78, 5) is 16.4. The molecule has 0 amide bonds. The van der Waals surface area contributed by atoms with Crippen LogP contribution in [0.15, 0.2) is 86.1 Å². The quantitative estimate of drug-likeness (QED) is 0.388. The molecule has 0 atom stereocenters. The van der Waals surface area contributed by atoms with Gasteiger partial charge in [-0.25, -0.2) is 0 Å². The van der Waals surface area contributed by atoms with Crippen molar-refractivity contribution in [3.63, 3.8) is 0 Å². The number of H-pyrrole nitrogens is 2. The number of fused-ring (bicyclic) bond motifs is 1. The van der Waals surface area contributed by atoms with E-state index in [1.165, 1.54) is 0 Å². The Hall–Kier alpha value is -4.32. The maximum Gasteiger partial charge on any atom is 0.116 e. The van der Waals surface area contributed by atoms with Crippen molar-refractivity contribution in [3.8, 4) is 22.6 Å². The van der Waals surface area contributed by atoms with Gasteiger partial charge in [-0.2, -0.15) is 5.10 Å². The van der Waals surface area contributed by atoms with Gasteiger partial charge in [0, 0.05) is 47.0 Å². The molecule has 0 aliphatic carbocycles. The van der Waals surface area contributed by atoms with Gasteiger partial charge in [0.2, 0.25) is 0 Å². The molecule has 150 valence electrons. The fourth-order valence-electron chi connectivity index (χ4n) is 3.75. The standard InChI is InChI=1S/C25H20N6/c1-3-5-19(17-7-10-26-11-8-17)20-12-23(29-16(20)2)25-21-13-22(18-6-4-9-27-14-18)28-15-24(21)30-31-25/h3-15,29H,1H2,2H3,(H,30,31)/b19-5-. The Balaban J connectivity index is 1.62. The number of aromatic nitrogens is 6. The van der Waals surface area contributed by atoms with Crippen LogP contribution in [0, 0.1) is 6.92 Å². The molecule has 5 rings (SSSR count). The molecule has 0 saturated carbocycles. The minimum absolute atomic E-state index is 0.851. The van der Waals surface area contributed by atoms with Crippen molar-refractivity contribution in [2.45, 2.75) is 6.92 Å². The highest BCUT2D eigenvalue weighted by molar-refractivity contribution is 5.95. The molecule has 0 saturated heterocycles. The number of hydrogen-bond donors (Lipinski definition) is 2. The summed E-state index contributed by atoms with van der Waals surface area (Å²) in [5.74, 6) is 0. The number of hydrogen-bond acceptors (Lipinski definition) is 4. The van der Waals surface area contributed by atoms with Crippen LogP contribution in [-0.4, -0.2) is 30.1 Å². The molecule has 0 spiro atoms. The van der Waals surface area contributed by atoms with Crippen molar-refractivity contribution in [1.82, 2.24) is 30.1 Å². The summed E-state index contributed by atoms with van der Waals surface area (Å²) in [6, 6.07) is 12.1. The maximum absolute atomic E-state index is 4.57. The summed E-state index contributed by atoms with van der Waals surface area (Å²) in [5.41, 5.74) is 8.80. The largest absolute Gasteiger partial charge is 0.357 e. The fourth-order valence-corrected chi connectivity index (χ4v) is 3.75. The molecule has 0 fully saturated rings. The molecule has 5 aromatic rings. The topological polar surface area (TPSA) is 83.1 Å². The molecule has 5 heterocycles. The molecular formula is C25H20N6. The van der Waals surface area contributed by atoms with Crippen LogP contribution in [0.2, 0.25) is 0 Å². The van der Waals surface area contributed by atoms with Crippen molar-refractivity contribution < 1.29 is 0 Å². The predicted octanol–water partition coefficient (Wildman–Crippen LogP) is 5.34. The average Bonchev–Trinajstić information content (AvgIpc) is 3.41. The van der Waals surface area contributed by atoms with Gasteiger partial charge < -0.3 is 4.98 Å². The number of allylic oxidation sites excluding steroid dienone is 2. The first kappa shape index (κ1) is 18.7. The van der Waals surface area contributed by atoms with Crippen LogP contribution in [0.3, 0.4) is 0 Å². The molecule has 6 nitrogen and oxygen atoms in total. The van der Waals surface area contributed by atoms with Crippen LogP contribution in [0.5, 0.6) is 0 Å². The minimum atomic E-state index is 0.851. The normalized spacial score (nSPS) is 11.7. The zero-order valence-corrected chi connectivity index (χ0v) is 17.0. The van der Waals surface area contributed by atoms with Crippen molar-refractivity contribution in [3.05, 3.63) is 103 Å². The summed E-state index contributed by atoms with van der Waals surface area (Å²) in [7, 11) is 0. The lowest BCUT2D eigenvalue weighted by molar-refractivity contribution is 1.11. The Morgan fingerprint density at radius 2 is 1.90 bits per heavy atom. The van der Waals surface area contributed by atoms with Crippen molar-refractivity contribution in [2.24, 2.45) is 0 Å². The maximum atomic E-state index is 4.57. The molecule has 0 aliphatic heterocycles. The second-order valence-electron chi connectivity index (χ2n) is 7.20. The summed E-state index contributed by atoms with van der Waals surface area (Å²) >= 11 is 0. The molecule has 31 heavy (non-hydrogen) atoms. The Bertz CT molecular complexity index is 1390. The third-order valence-corrected chi connectivity index (χ3v) is 5.24. The van der Waals surface area contributed by atoms with E-state index in [0.717, 1.165) is 55.9 Å².